The number of carbonyl (C=O) groups is 2. The summed E-state index contributed by atoms with van der Waals surface area (Å²) in [5.74, 6) is 0.0849. The Labute approximate surface area is 179 Å². The molecule has 2 rings (SSSR count). The summed E-state index contributed by atoms with van der Waals surface area (Å²) in [5.41, 5.74) is 11.7. The van der Waals surface area contributed by atoms with Crippen molar-refractivity contribution in [3.63, 3.8) is 0 Å². The number of nitrogens with one attached hydrogen (secondary N) is 1. The first-order valence-electron chi connectivity index (χ1n) is 10.3. The predicted octanol–water partition coefficient (Wildman–Crippen LogP) is 4.60. The second-order valence-corrected chi connectivity index (χ2v) is 11.4. The van der Waals surface area contributed by atoms with E-state index < -0.39 is 13.3 Å². The SMILES string of the molecule is Cc1cc(CP(C)(N)=O)cc(C)c1Cc1cccc(C(=O)N[C@H](C=O)CC(C)C)c1. The number of hydrogen-bond acceptors (Lipinski definition) is 3. The molecule has 1 amide bonds. The highest BCUT2D eigenvalue weighted by molar-refractivity contribution is 7.59. The van der Waals surface area contributed by atoms with Gasteiger partial charge in [0, 0.05) is 18.4 Å². The summed E-state index contributed by atoms with van der Waals surface area (Å²) < 4.78 is 12.0. The molecule has 0 aliphatic carbocycles. The topological polar surface area (TPSA) is 89.3 Å². The summed E-state index contributed by atoms with van der Waals surface area (Å²) in [5, 5.41) is 2.81. The van der Waals surface area contributed by atoms with E-state index in [-0.39, 0.29) is 5.91 Å². The van der Waals surface area contributed by atoms with Crippen LogP contribution in [0.25, 0.3) is 0 Å². The van der Waals surface area contributed by atoms with Crippen molar-refractivity contribution in [2.75, 3.05) is 6.66 Å². The van der Waals surface area contributed by atoms with E-state index in [1.807, 2.05) is 58.0 Å². The highest BCUT2D eigenvalue weighted by Gasteiger charge is 2.16. The molecule has 1 unspecified atom stereocenters. The van der Waals surface area contributed by atoms with Crippen LogP contribution in [-0.2, 0) is 21.9 Å². The molecule has 0 aromatic heterocycles. The van der Waals surface area contributed by atoms with Gasteiger partial charge in [0.25, 0.3) is 5.91 Å². The maximum atomic E-state index is 12.6. The minimum Gasteiger partial charge on any atom is -0.343 e. The number of amides is 1. The first-order valence-corrected chi connectivity index (χ1v) is 12.7. The van der Waals surface area contributed by atoms with Crippen LogP contribution < -0.4 is 10.8 Å². The van der Waals surface area contributed by atoms with E-state index in [1.165, 1.54) is 5.56 Å². The average molecular weight is 429 g/mol. The fraction of sp³-hybridized carbons (Fsp3) is 0.417. The summed E-state index contributed by atoms with van der Waals surface area (Å²) in [6.07, 6.45) is 2.49. The molecule has 5 nitrogen and oxygen atoms in total. The zero-order valence-electron chi connectivity index (χ0n) is 18.6. The standard InChI is InChI=1S/C24H33N2O3P/c1-16(2)9-22(14-27)26-24(28)21-8-6-7-19(12-21)13-23-17(3)10-20(11-18(23)4)15-30(5,25)29/h6-8,10-12,14,16,22H,9,13,15H2,1-5H3,(H2,25,29)(H,26,28)/t22-,30?/m0/s1. The van der Waals surface area contributed by atoms with E-state index in [4.69, 9.17) is 5.50 Å². The predicted molar refractivity (Wildman–Crippen MR) is 123 cm³/mol. The number of carbonyl (C=O) groups excluding carboxylic acids is 2. The Morgan fingerprint density at radius 2 is 1.77 bits per heavy atom. The molecule has 0 saturated heterocycles. The molecule has 0 spiro atoms. The normalized spacial score (nSPS) is 14.2. The second kappa shape index (κ2) is 10.2. The summed E-state index contributed by atoms with van der Waals surface area (Å²) >= 11 is 0. The third-order valence-electron chi connectivity index (χ3n) is 5.03. The highest BCUT2D eigenvalue weighted by atomic mass is 31.2. The van der Waals surface area contributed by atoms with E-state index >= 15 is 0 Å². The van der Waals surface area contributed by atoms with E-state index in [0.29, 0.717) is 30.5 Å². The molecular weight excluding hydrogens is 395 g/mol. The summed E-state index contributed by atoms with van der Waals surface area (Å²) in [4.78, 5) is 23.9. The van der Waals surface area contributed by atoms with Gasteiger partial charge in [-0.25, -0.2) is 0 Å². The van der Waals surface area contributed by atoms with Gasteiger partial charge in [-0.2, -0.15) is 0 Å². The van der Waals surface area contributed by atoms with Crippen LogP contribution in [0.1, 0.15) is 58.4 Å². The maximum absolute atomic E-state index is 12.6. The van der Waals surface area contributed by atoms with Gasteiger partial charge in [-0.1, -0.05) is 38.1 Å². The van der Waals surface area contributed by atoms with Gasteiger partial charge in [0.2, 0.25) is 0 Å². The molecule has 2 aromatic carbocycles. The molecular formula is C24H33N2O3P. The Morgan fingerprint density at radius 3 is 2.30 bits per heavy atom. The monoisotopic (exact) mass is 428 g/mol. The number of hydrogen-bond donors (Lipinski definition) is 2. The van der Waals surface area contributed by atoms with Crippen LogP contribution >= 0.6 is 7.29 Å². The van der Waals surface area contributed by atoms with Gasteiger partial charge in [-0.05, 0) is 72.6 Å². The fourth-order valence-corrected chi connectivity index (χ4v) is 4.66. The lowest BCUT2D eigenvalue weighted by molar-refractivity contribution is -0.109. The Balaban J connectivity index is 2.20. The summed E-state index contributed by atoms with van der Waals surface area (Å²) in [6, 6.07) is 11.1. The van der Waals surface area contributed by atoms with Crippen LogP contribution in [0.3, 0.4) is 0 Å². The first-order chi connectivity index (χ1) is 14.0. The number of aldehydes is 1. The number of nitrogens with two attached hydrogens (primary N) is 1. The second-order valence-electron chi connectivity index (χ2n) is 8.76. The van der Waals surface area contributed by atoms with E-state index in [1.54, 1.807) is 12.7 Å². The van der Waals surface area contributed by atoms with E-state index in [2.05, 4.69) is 5.32 Å². The highest BCUT2D eigenvalue weighted by Crippen LogP contribution is 2.36. The van der Waals surface area contributed by atoms with Gasteiger partial charge in [-0.3, -0.25) is 10.3 Å². The van der Waals surface area contributed by atoms with E-state index in [9.17, 15) is 14.2 Å². The van der Waals surface area contributed by atoms with Crippen molar-refractivity contribution in [1.82, 2.24) is 5.32 Å². The molecule has 2 aromatic rings. The molecule has 0 aliphatic heterocycles. The lowest BCUT2D eigenvalue weighted by Gasteiger charge is -2.16. The lowest BCUT2D eigenvalue weighted by Crippen LogP contribution is -2.37. The van der Waals surface area contributed by atoms with Crippen molar-refractivity contribution in [3.8, 4) is 0 Å². The number of benzene rings is 2. The average Bonchev–Trinajstić information content (AvgIpc) is 2.62. The molecule has 0 radical (unpaired) electrons. The Bertz CT molecular complexity index is 940. The minimum absolute atomic E-state index is 0.236. The molecule has 0 heterocycles. The summed E-state index contributed by atoms with van der Waals surface area (Å²) in [7, 11) is -2.62. The number of rotatable bonds is 9. The van der Waals surface area contributed by atoms with Gasteiger partial charge in [0.1, 0.15) is 13.6 Å². The van der Waals surface area contributed by atoms with Crippen molar-refractivity contribution >= 4 is 19.5 Å². The smallest absolute Gasteiger partial charge is 0.251 e. The van der Waals surface area contributed by atoms with Crippen molar-refractivity contribution < 1.29 is 14.2 Å². The zero-order valence-corrected chi connectivity index (χ0v) is 19.5. The third kappa shape index (κ3) is 7.23. The Kier molecular flexibility index (Phi) is 8.17. The van der Waals surface area contributed by atoms with Crippen LogP contribution in [0.2, 0.25) is 0 Å². The number of aryl methyl sites for hydroxylation is 2. The van der Waals surface area contributed by atoms with Crippen molar-refractivity contribution in [1.29, 1.82) is 0 Å². The van der Waals surface area contributed by atoms with Gasteiger partial charge < -0.3 is 14.7 Å². The Hall–Kier alpha value is -2.23. The van der Waals surface area contributed by atoms with Crippen molar-refractivity contribution in [2.45, 2.75) is 52.7 Å². The van der Waals surface area contributed by atoms with Gasteiger partial charge in [0.15, 0.2) is 0 Å². The molecule has 0 fully saturated rings. The third-order valence-corrected chi connectivity index (χ3v) is 6.02. The molecule has 0 aliphatic rings. The fourth-order valence-electron chi connectivity index (χ4n) is 3.75. The minimum atomic E-state index is -2.62. The van der Waals surface area contributed by atoms with Crippen LogP contribution in [-0.4, -0.2) is 24.9 Å². The van der Waals surface area contributed by atoms with Crippen LogP contribution in [0.15, 0.2) is 36.4 Å². The molecule has 6 heteroatoms. The lowest BCUT2D eigenvalue weighted by atomic mass is 9.93. The molecule has 162 valence electrons. The van der Waals surface area contributed by atoms with Gasteiger partial charge >= 0.3 is 0 Å². The van der Waals surface area contributed by atoms with E-state index in [0.717, 1.165) is 28.5 Å². The summed E-state index contributed by atoms with van der Waals surface area (Å²) in [6.45, 7) is 9.72. The largest absolute Gasteiger partial charge is 0.343 e. The van der Waals surface area contributed by atoms with Gasteiger partial charge in [0.05, 0.1) is 6.04 Å². The van der Waals surface area contributed by atoms with Crippen LogP contribution in [0.4, 0.5) is 0 Å². The maximum Gasteiger partial charge on any atom is 0.251 e. The van der Waals surface area contributed by atoms with Crippen LogP contribution in [0, 0.1) is 19.8 Å². The quantitative estimate of drug-likeness (QED) is 0.451. The van der Waals surface area contributed by atoms with Crippen LogP contribution in [0.5, 0.6) is 0 Å². The molecule has 0 saturated carbocycles. The Morgan fingerprint density at radius 1 is 1.13 bits per heavy atom. The van der Waals surface area contributed by atoms with Crippen molar-refractivity contribution in [2.24, 2.45) is 11.4 Å². The molecule has 2 atom stereocenters. The first kappa shape index (κ1) is 24.0. The molecule has 3 N–H and O–H groups in total. The van der Waals surface area contributed by atoms with Gasteiger partial charge in [-0.15, -0.1) is 0 Å². The molecule has 30 heavy (non-hydrogen) atoms. The molecule has 0 bridgehead atoms. The zero-order chi connectivity index (χ0) is 22.5. The van der Waals surface area contributed by atoms with Crippen molar-refractivity contribution in [3.05, 3.63) is 69.8 Å².